The summed E-state index contributed by atoms with van der Waals surface area (Å²) >= 11 is 0. The van der Waals surface area contributed by atoms with Crippen molar-refractivity contribution in [1.82, 2.24) is 0 Å². The van der Waals surface area contributed by atoms with Crippen molar-refractivity contribution in [2.75, 3.05) is 0 Å². The molecule has 4 rings (SSSR count). The Morgan fingerprint density at radius 1 is 1.04 bits per heavy atom. The van der Waals surface area contributed by atoms with E-state index >= 15 is 0 Å². The van der Waals surface area contributed by atoms with Crippen LogP contribution in [0.1, 0.15) is 72.1 Å². The summed E-state index contributed by atoms with van der Waals surface area (Å²) in [6, 6.07) is 0. The number of hydrogen-bond acceptors (Lipinski definition) is 2. The summed E-state index contributed by atoms with van der Waals surface area (Å²) in [4.78, 5) is 24.0. The van der Waals surface area contributed by atoms with Gasteiger partial charge in [-0.15, -0.1) is 0 Å². The first kappa shape index (κ1) is 15.6. The molecule has 0 unspecified atom stereocenters. The third-order valence-corrected chi connectivity index (χ3v) is 8.45. The van der Waals surface area contributed by atoms with Crippen LogP contribution in [-0.4, -0.2) is 11.6 Å². The maximum Gasteiger partial charge on any atom is 0.155 e. The molecular weight excluding hydrogens is 284 g/mol. The zero-order chi connectivity index (χ0) is 16.4. The number of Topliss-reactive ketones (excluding diaryl/α,β-unsaturated/α-hetero) is 1. The van der Waals surface area contributed by atoms with E-state index in [2.05, 4.69) is 13.8 Å². The molecule has 0 heterocycles. The van der Waals surface area contributed by atoms with Crippen molar-refractivity contribution in [2.24, 2.45) is 34.5 Å². The van der Waals surface area contributed by atoms with E-state index in [1.807, 2.05) is 6.08 Å². The summed E-state index contributed by atoms with van der Waals surface area (Å²) in [5.41, 5.74) is 1.95. The van der Waals surface area contributed by atoms with E-state index < -0.39 is 0 Å². The summed E-state index contributed by atoms with van der Waals surface area (Å²) in [6.45, 7) is 6.65. The molecule has 4 aliphatic rings. The van der Waals surface area contributed by atoms with Crippen molar-refractivity contribution in [1.29, 1.82) is 0 Å². The molecule has 0 N–H and O–H groups in total. The van der Waals surface area contributed by atoms with E-state index in [0.29, 0.717) is 17.5 Å². The minimum atomic E-state index is 0.245. The molecule has 0 aromatic rings. The highest BCUT2D eigenvalue weighted by Gasteiger charge is 2.59. The molecule has 0 amide bonds. The van der Waals surface area contributed by atoms with Crippen LogP contribution in [0.2, 0.25) is 0 Å². The van der Waals surface area contributed by atoms with E-state index in [4.69, 9.17) is 0 Å². The molecule has 0 bridgehead atoms. The van der Waals surface area contributed by atoms with Gasteiger partial charge in [-0.2, -0.15) is 0 Å². The minimum absolute atomic E-state index is 0.245. The lowest BCUT2D eigenvalue weighted by molar-refractivity contribution is -0.128. The van der Waals surface area contributed by atoms with Gasteiger partial charge in [0.15, 0.2) is 5.78 Å². The molecule has 3 fully saturated rings. The number of hydrogen-bond donors (Lipinski definition) is 0. The monoisotopic (exact) mass is 314 g/mol. The maximum atomic E-state index is 12.1. The number of carbonyl (C=O) groups excluding carboxylic acids is 2. The van der Waals surface area contributed by atoms with Gasteiger partial charge in [0, 0.05) is 12.3 Å². The molecular formula is C21H30O2. The molecule has 0 spiro atoms. The van der Waals surface area contributed by atoms with Gasteiger partial charge in [-0.1, -0.05) is 19.4 Å². The van der Waals surface area contributed by atoms with Gasteiger partial charge in [0.05, 0.1) is 0 Å². The van der Waals surface area contributed by atoms with Gasteiger partial charge in [0.25, 0.3) is 0 Å². The molecule has 4 aliphatic carbocycles. The average Bonchev–Trinajstić information content (AvgIpc) is 2.85. The van der Waals surface area contributed by atoms with Crippen LogP contribution in [0, 0.1) is 34.5 Å². The second-order valence-electron chi connectivity index (χ2n) is 9.25. The Morgan fingerprint density at radius 2 is 1.83 bits per heavy atom. The predicted octanol–water partition coefficient (Wildman–Crippen LogP) is 4.72. The third kappa shape index (κ3) is 2.06. The number of rotatable bonds is 1. The molecule has 2 heteroatoms. The fourth-order valence-corrected chi connectivity index (χ4v) is 7.23. The van der Waals surface area contributed by atoms with Crippen LogP contribution in [-0.2, 0) is 9.59 Å². The van der Waals surface area contributed by atoms with E-state index in [9.17, 15) is 9.59 Å². The van der Waals surface area contributed by atoms with Crippen LogP contribution in [0.3, 0.4) is 0 Å². The summed E-state index contributed by atoms with van der Waals surface area (Å²) in [7, 11) is 0. The molecule has 0 aromatic carbocycles. The lowest BCUT2D eigenvalue weighted by atomic mass is 9.47. The van der Waals surface area contributed by atoms with Crippen molar-refractivity contribution in [3.8, 4) is 0 Å². The quantitative estimate of drug-likeness (QED) is 0.701. The van der Waals surface area contributed by atoms with Crippen LogP contribution >= 0.6 is 0 Å². The number of ketones is 2. The SMILES string of the molecule is CC(=O)[C@@H]1CC[C@@H]2[C@@H]3CCC4=CC(=O)CC[C@]4(C)[C@H]3CC[C@@]21C. The molecule has 23 heavy (non-hydrogen) atoms. The molecule has 0 radical (unpaired) electrons. The second kappa shape index (κ2) is 5.04. The van der Waals surface area contributed by atoms with Crippen molar-refractivity contribution >= 4 is 11.6 Å². The second-order valence-corrected chi connectivity index (χ2v) is 9.25. The van der Waals surface area contributed by atoms with Crippen molar-refractivity contribution < 1.29 is 9.59 Å². The first-order valence-electron chi connectivity index (χ1n) is 9.60. The highest BCUT2D eigenvalue weighted by molar-refractivity contribution is 5.91. The van der Waals surface area contributed by atoms with Gasteiger partial charge in [-0.3, -0.25) is 9.59 Å². The Balaban J connectivity index is 1.67. The van der Waals surface area contributed by atoms with Gasteiger partial charge >= 0.3 is 0 Å². The van der Waals surface area contributed by atoms with Crippen LogP contribution in [0.5, 0.6) is 0 Å². The van der Waals surface area contributed by atoms with Crippen LogP contribution in [0.15, 0.2) is 11.6 Å². The predicted molar refractivity (Wildman–Crippen MR) is 90.9 cm³/mol. The Labute approximate surface area is 140 Å². The average molecular weight is 314 g/mol. The summed E-state index contributed by atoms with van der Waals surface area (Å²) in [6.07, 6.45) is 10.9. The van der Waals surface area contributed by atoms with Crippen molar-refractivity contribution in [2.45, 2.75) is 72.1 Å². The van der Waals surface area contributed by atoms with Crippen LogP contribution in [0.25, 0.3) is 0 Å². The molecule has 3 saturated carbocycles. The summed E-state index contributed by atoms with van der Waals surface area (Å²) in [5.74, 6) is 3.29. The Morgan fingerprint density at radius 3 is 2.57 bits per heavy atom. The Kier molecular flexibility index (Phi) is 3.42. The maximum absolute atomic E-state index is 12.1. The zero-order valence-electron chi connectivity index (χ0n) is 14.9. The van der Waals surface area contributed by atoms with Gasteiger partial charge in [0.1, 0.15) is 5.78 Å². The van der Waals surface area contributed by atoms with E-state index in [-0.39, 0.29) is 10.8 Å². The molecule has 0 saturated heterocycles. The lowest BCUT2D eigenvalue weighted by Crippen LogP contribution is -2.51. The van der Waals surface area contributed by atoms with Crippen molar-refractivity contribution in [3.05, 3.63) is 11.6 Å². The Bertz CT molecular complexity index is 589. The molecule has 0 aromatic heterocycles. The highest BCUT2D eigenvalue weighted by atomic mass is 16.1. The number of carbonyl (C=O) groups is 2. The van der Waals surface area contributed by atoms with Gasteiger partial charge in [0.2, 0.25) is 0 Å². The van der Waals surface area contributed by atoms with E-state index in [1.54, 1.807) is 6.92 Å². The Hall–Kier alpha value is -0.920. The minimum Gasteiger partial charge on any atom is -0.300 e. The third-order valence-electron chi connectivity index (χ3n) is 8.45. The molecule has 6 atom stereocenters. The van der Waals surface area contributed by atoms with Crippen LogP contribution < -0.4 is 0 Å². The topological polar surface area (TPSA) is 34.1 Å². The first-order valence-corrected chi connectivity index (χ1v) is 9.60. The highest BCUT2D eigenvalue weighted by Crippen LogP contribution is 2.66. The zero-order valence-corrected chi connectivity index (χ0v) is 14.9. The first-order chi connectivity index (χ1) is 10.9. The van der Waals surface area contributed by atoms with Crippen LogP contribution in [0.4, 0.5) is 0 Å². The normalized spacial score (nSPS) is 49.0. The summed E-state index contributed by atoms with van der Waals surface area (Å²) < 4.78 is 0. The fourth-order valence-electron chi connectivity index (χ4n) is 7.23. The standard InChI is InChI=1S/C21H30O2/c1-13(22)17-6-7-18-16-5-4-14-12-15(23)8-10-20(14,2)19(16)9-11-21(17,18)3/h12,16-19H,4-11H2,1-3H3/t16-,17-,18+,19-,20-,21+/m0/s1. The molecule has 126 valence electrons. The van der Waals surface area contributed by atoms with Gasteiger partial charge in [-0.05, 0) is 86.5 Å². The van der Waals surface area contributed by atoms with Gasteiger partial charge < -0.3 is 0 Å². The van der Waals surface area contributed by atoms with E-state index in [1.165, 1.54) is 31.3 Å². The van der Waals surface area contributed by atoms with Gasteiger partial charge in [-0.25, -0.2) is 0 Å². The number of allylic oxidation sites excluding steroid dienone is 1. The fraction of sp³-hybridized carbons (Fsp3) is 0.810. The largest absolute Gasteiger partial charge is 0.300 e. The summed E-state index contributed by atoms with van der Waals surface area (Å²) in [5, 5.41) is 0. The molecule has 0 aliphatic heterocycles. The molecule has 2 nitrogen and oxygen atoms in total. The number of fused-ring (bicyclic) bond motifs is 5. The van der Waals surface area contributed by atoms with E-state index in [0.717, 1.165) is 43.4 Å². The smallest absolute Gasteiger partial charge is 0.155 e. The lowest BCUT2D eigenvalue weighted by Gasteiger charge is -2.58. The van der Waals surface area contributed by atoms with Crippen molar-refractivity contribution in [3.63, 3.8) is 0 Å².